The van der Waals surface area contributed by atoms with E-state index in [0.717, 1.165) is 0 Å². The van der Waals surface area contributed by atoms with Crippen molar-refractivity contribution in [2.75, 3.05) is 6.67 Å². The summed E-state index contributed by atoms with van der Waals surface area (Å²) in [5.74, 6) is -0.864. The smallest absolute Gasteiger partial charge is 0.309 e. The van der Waals surface area contributed by atoms with Gasteiger partial charge in [-0.3, -0.25) is 9.18 Å². The van der Waals surface area contributed by atoms with E-state index in [1.165, 1.54) is 0 Å². The van der Waals surface area contributed by atoms with Gasteiger partial charge in [0.25, 0.3) is 0 Å². The summed E-state index contributed by atoms with van der Waals surface area (Å²) in [5, 5.41) is 9.00. The summed E-state index contributed by atoms with van der Waals surface area (Å²) in [7, 11) is 0. The highest BCUT2D eigenvalue weighted by Gasteiger charge is 2.40. The van der Waals surface area contributed by atoms with Crippen LogP contribution in [0.4, 0.5) is 4.39 Å². The molecule has 1 rings (SSSR count). The Kier molecular flexibility index (Phi) is 3.25. The number of hydrogen-bond acceptors (Lipinski definition) is 2. The number of halogens is 1. The SMILES string of the molecule is NC1CCC(CCF)(C(=O)O)CC1. The predicted octanol–water partition coefficient (Wildman–Crippen LogP) is 1.32. The minimum atomic E-state index is -0.864. The highest BCUT2D eigenvalue weighted by atomic mass is 19.1. The Morgan fingerprint density at radius 3 is 2.46 bits per heavy atom. The van der Waals surface area contributed by atoms with Crippen molar-refractivity contribution in [2.45, 2.75) is 38.1 Å². The van der Waals surface area contributed by atoms with Gasteiger partial charge in [0.05, 0.1) is 12.1 Å². The summed E-state index contributed by atoms with van der Waals surface area (Å²) in [6, 6.07) is 0.104. The van der Waals surface area contributed by atoms with Gasteiger partial charge < -0.3 is 10.8 Å². The molecular formula is C9H16FNO2. The molecule has 0 saturated heterocycles. The average Bonchev–Trinajstić information content (AvgIpc) is 2.09. The maximum Gasteiger partial charge on any atom is 0.309 e. The number of hydrogen-bond donors (Lipinski definition) is 2. The quantitative estimate of drug-likeness (QED) is 0.703. The Labute approximate surface area is 77.1 Å². The van der Waals surface area contributed by atoms with Crippen LogP contribution >= 0.6 is 0 Å². The second kappa shape index (κ2) is 4.05. The molecule has 13 heavy (non-hydrogen) atoms. The van der Waals surface area contributed by atoms with E-state index in [4.69, 9.17) is 10.8 Å². The lowest BCUT2D eigenvalue weighted by molar-refractivity contribution is -0.152. The van der Waals surface area contributed by atoms with Crippen molar-refractivity contribution >= 4 is 5.97 Å². The molecule has 1 fully saturated rings. The van der Waals surface area contributed by atoms with Crippen LogP contribution in [0.5, 0.6) is 0 Å². The number of carbonyl (C=O) groups is 1. The normalized spacial score (nSPS) is 34.5. The van der Waals surface area contributed by atoms with Crippen molar-refractivity contribution < 1.29 is 14.3 Å². The first-order chi connectivity index (χ1) is 6.10. The molecule has 0 aromatic carbocycles. The molecule has 1 aliphatic rings. The van der Waals surface area contributed by atoms with Gasteiger partial charge in [0.2, 0.25) is 0 Å². The summed E-state index contributed by atoms with van der Waals surface area (Å²) in [4.78, 5) is 11.0. The van der Waals surface area contributed by atoms with E-state index < -0.39 is 18.1 Å². The van der Waals surface area contributed by atoms with Crippen LogP contribution in [-0.4, -0.2) is 23.8 Å². The maximum atomic E-state index is 12.2. The molecule has 0 bridgehead atoms. The van der Waals surface area contributed by atoms with Crippen molar-refractivity contribution in [1.29, 1.82) is 0 Å². The molecule has 0 heterocycles. The topological polar surface area (TPSA) is 63.3 Å². The molecule has 4 heteroatoms. The van der Waals surface area contributed by atoms with Gasteiger partial charge in [-0.25, -0.2) is 0 Å². The van der Waals surface area contributed by atoms with Crippen LogP contribution in [0.3, 0.4) is 0 Å². The zero-order chi connectivity index (χ0) is 9.90. The van der Waals surface area contributed by atoms with Crippen LogP contribution in [0.25, 0.3) is 0 Å². The summed E-state index contributed by atoms with van der Waals surface area (Å²) < 4.78 is 12.2. The molecule has 0 spiro atoms. The number of carboxylic acids is 1. The first-order valence-electron chi connectivity index (χ1n) is 4.66. The minimum Gasteiger partial charge on any atom is -0.481 e. The molecule has 0 atom stereocenters. The Morgan fingerprint density at radius 2 is 2.08 bits per heavy atom. The Bertz CT molecular complexity index is 188. The molecule has 3 nitrogen and oxygen atoms in total. The lowest BCUT2D eigenvalue weighted by Gasteiger charge is -2.34. The first-order valence-corrected chi connectivity index (χ1v) is 4.66. The Hall–Kier alpha value is -0.640. The highest BCUT2D eigenvalue weighted by molar-refractivity contribution is 5.74. The third-order valence-corrected chi connectivity index (χ3v) is 3.01. The fourth-order valence-electron chi connectivity index (χ4n) is 1.94. The van der Waals surface area contributed by atoms with Gasteiger partial charge in [-0.1, -0.05) is 0 Å². The monoisotopic (exact) mass is 189 g/mol. The van der Waals surface area contributed by atoms with Gasteiger partial charge in [0.1, 0.15) is 0 Å². The van der Waals surface area contributed by atoms with Gasteiger partial charge in [-0.05, 0) is 32.1 Å². The molecule has 3 N–H and O–H groups in total. The van der Waals surface area contributed by atoms with Gasteiger partial charge in [0, 0.05) is 6.04 Å². The van der Waals surface area contributed by atoms with Crippen molar-refractivity contribution in [2.24, 2.45) is 11.1 Å². The van der Waals surface area contributed by atoms with Crippen LogP contribution in [0.1, 0.15) is 32.1 Å². The minimum absolute atomic E-state index is 0.104. The van der Waals surface area contributed by atoms with E-state index in [2.05, 4.69) is 0 Å². The van der Waals surface area contributed by atoms with E-state index in [0.29, 0.717) is 25.7 Å². The largest absolute Gasteiger partial charge is 0.481 e. The van der Waals surface area contributed by atoms with E-state index in [1.807, 2.05) is 0 Å². The molecule has 0 unspecified atom stereocenters. The fourth-order valence-corrected chi connectivity index (χ4v) is 1.94. The molecule has 0 radical (unpaired) electrons. The van der Waals surface area contributed by atoms with E-state index in [1.54, 1.807) is 0 Å². The number of aliphatic carboxylic acids is 1. The Morgan fingerprint density at radius 1 is 1.54 bits per heavy atom. The van der Waals surface area contributed by atoms with Crippen LogP contribution in [-0.2, 0) is 4.79 Å². The van der Waals surface area contributed by atoms with Gasteiger partial charge >= 0.3 is 5.97 Å². The van der Waals surface area contributed by atoms with Crippen molar-refractivity contribution in [1.82, 2.24) is 0 Å². The zero-order valence-electron chi connectivity index (χ0n) is 7.63. The number of rotatable bonds is 3. The third-order valence-electron chi connectivity index (χ3n) is 3.01. The highest BCUT2D eigenvalue weighted by Crippen LogP contribution is 2.39. The average molecular weight is 189 g/mol. The molecular weight excluding hydrogens is 173 g/mol. The van der Waals surface area contributed by atoms with Gasteiger partial charge in [0.15, 0.2) is 0 Å². The van der Waals surface area contributed by atoms with E-state index >= 15 is 0 Å². The lowest BCUT2D eigenvalue weighted by Crippen LogP contribution is -2.39. The second-order valence-corrected chi connectivity index (χ2v) is 3.86. The summed E-state index contributed by atoms with van der Waals surface area (Å²) in [6.07, 6.45) is 2.58. The van der Waals surface area contributed by atoms with Crippen LogP contribution < -0.4 is 5.73 Å². The first kappa shape index (κ1) is 10.4. The van der Waals surface area contributed by atoms with Crippen molar-refractivity contribution in [3.05, 3.63) is 0 Å². The molecule has 76 valence electrons. The molecule has 0 aromatic rings. The van der Waals surface area contributed by atoms with Crippen LogP contribution in [0, 0.1) is 5.41 Å². The maximum absolute atomic E-state index is 12.2. The standard InChI is InChI=1S/C9H16FNO2/c10-6-5-9(8(12)13)3-1-7(11)2-4-9/h7H,1-6,11H2,(H,12,13). The van der Waals surface area contributed by atoms with Gasteiger partial charge in [-0.2, -0.15) is 0 Å². The fraction of sp³-hybridized carbons (Fsp3) is 0.889. The zero-order valence-corrected chi connectivity index (χ0v) is 7.63. The predicted molar refractivity (Wildman–Crippen MR) is 47.1 cm³/mol. The summed E-state index contributed by atoms with van der Waals surface area (Å²) in [5.41, 5.74) is 4.84. The lowest BCUT2D eigenvalue weighted by atomic mass is 9.71. The third kappa shape index (κ3) is 2.18. The molecule has 0 aromatic heterocycles. The molecule has 1 saturated carbocycles. The van der Waals surface area contributed by atoms with E-state index in [-0.39, 0.29) is 12.5 Å². The van der Waals surface area contributed by atoms with Crippen LogP contribution in [0.2, 0.25) is 0 Å². The Balaban J connectivity index is 2.63. The second-order valence-electron chi connectivity index (χ2n) is 3.86. The number of alkyl halides is 1. The number of nitrogens with two attached hydrogens (primary N) is 1. The summed E-state index contributed by atoms with van der Waals surface area (Å²) in [6.45, 7) is -0.554. The van der Waals surface area contributed by atoms with Crippen LogP contribution in [0.15, 0.2) is 0 Å². The van der Waals surface area contributed by atoms with E-state index in [9.17, 15) is 9.18 Å². The molecule has 1 aliphatic carbocycles. The van der Waals surface area contributed by atoms with Crippen molar-refractivity contribution in [3.63, 3.8) is 0 Å². The number of carboxylic acid groups (broad SMARTS) is 1. The molecule has 0 aliphatic heterocycles. The molecule has 0 amide bonds. The van der Waals surface area contributed by atoms with Crippen molar-refractivity contribution in [3.8, 4) is 0 Å². The van der Waals surface area contributed by atoms with Gasteiger partial charge in [-0.15, -0.1) is 0 Å². The summed E-state index contributed by atoms with van der Waals surface area (Å²) >= 11 is 0.